The molecule has 0 saturated heterocycles. The Hall–Kier alpha value is -1.91. The molecule has 11 heteroatoms. The summed E-state index contributed by atoms with van der Waals surface area (Å²) in [6.45, 7) is 13.9. The van der Waals surface area contributed by atoms with Crippen LogP contribution in [0.3, 0.4) is 0 Å². The summed E-state index contributed by atoms with van der Waals surface area (Å²) in [5.74, 6) is 3.07. The number of aliphatic hydroxyl groups is 4. The van der Waals surface area contributed by atoms with Crippen LogP contribution in [0, 0.1) is 92.7 Å². The Bertz CT molecular complexity index is 1660. The maximum absolute atomic E-state index is 13.7. The Morgan fingerprint density at radius 1 is 0.700 bits per heavy atom. The molecular weight excluding hydrogens is 757 g/mol. The first-order valence-corrected chi connectivity index (χ1v) is 24.5. The van der Waals surface area contributed by atoms with Crippen molar-refractivity contribution in [2.45, 2.75) is 194 Å². The predicted molar refractivity (Wildman–Crippen MR) is 230 cm³/mol. The number of nitrogens with zero attached hydrogens (tertiary/aromatic N) is 3. The standard InChI is InChI=1S/C49H80N4O7/c1-26(32-10-12-34-45-37(25-40(56)48(32,34)5)47(4)19-17-31(52-53-50)21-29(47)23-39(45)55)8-14-42(58)51-30-16-18-46(3)28(20-30)22-38(54)44-35-13-11-33(27(2)9-15-43(59)60-7)49(35,6)41(57)24-36(44)46/h26-41,44-45,54-57H,8-25H2,1-7H3,(H,51,58)/t26-,27-,28+,29+,30-,31-,32?,33?,34?,35?,36?,37?,38+,39+,40?,41?,44-,45-,46?,47?,48?,49?/m1/s1. The van der Waals surface area contributed by atoms with Crippen LogP contribution in [-0.2, 0) is 14.3 Å². The molecule has 11 nitrogen and oxygen atoms in total. The molecule has 8 fully saturated rings. The molecule has 0 aliphatic heterocycles. The molecule has 12 unspecified atom stereocenters. The highest BCUT2D eigenvalue weighted by atomic mass is 16.5. The van der Waals surface area contributed by atoms with E-state index in [9.17, 15) is 30.0 Å². The van der Waals surface area contributed by atoms with Gasteiger partial charge in [0.1, 0.15) is 0 Å². The monoisotopic (exact) mass is 837 g/mol. The number of nitrogens with one attached hydrogen (secondary N) is 1. The maximum Gasteiger partial charge on any atom is 0.305 e. The molecule has 0 radical (unpaired) electrons. The molecule has 8 aliphatic rings. The minimum Gasteiger partial charge on any atom is -0.469 e. The number of aliphatic hydroxyl groups excluding tert-OH is 4. The number of carbonyl (C=O) groups excluding carboxylic acids is 2. The Labute approximate surface area is 360 Å². The van der Waals surface area contributed by atoms with E-state index in [2.05, 4.69) is 56.9 Å². The first-order chi connectivity index (χ1) is 28.4. The summed E-state index contributed by atoms with van der Waals surface area (Å²) in [5, 5.41) is 55.4. The van der Waals surface area contributed by atoms with Gasteiger partial charge in [0.05, 0.1) is 31.5 Å². The van der Waals surface area contributed by atoms with Crippen molar-refractivity contribution in [2.75, 3.05) is 7.11 Å². The number of rotatable bonds is 10. The van der Waals surface area contributed by atoms with Crippen LogP contribution in [0.1, 0.15) is 157 Å². The van der Waals surface area contributed by atoms with Crippen molar-refractivity contribution in [3.05, 3.63) is 10.4 Å². The molecule has 5 N–H and O–H groups in total. The topological polar surface area (TPSA) is 185 Å². The van der Waals surface area contributed by atoms with E-state index in [1.165, 1.54) is 7.11 Å². The number of fused-ring (bicyclic) bond motifs is 10. The summed E-state index contributed by atoms with van der Waals surface area (Å²) in [4.78, 5) is 28.8. The summed E-state index contributed by atoms with van der Waals surface area (Å²) >= 11 is 0. The second kappa shape index (κ2) is 16.6. The number of hydrogen-bond acceptors (Lipinski definition) is 8. The minimum absolute atomic E-state index is 0.00216. The highest BCUT2D eigenvalue weighted by Crippen LogP contribution is 2.70. The van der Waals surface area contributed by atoms with Crippen molar-refractivity contribution in [1.29, 1.82) is 0 Å². The van der Waals surface area contributed by atoms with Gasteiger partial charge in [0.15, 0.2) is 0 Å². The lowest BCUT2D eigenvalue weighted by atomic mass is 9.43. The fourth-order valence-corrected chi connectivity index (χ4v) is 18.1. The molecule has 0 heterocycles. The fourth-order valence-electron chi connectivity index (χ4n) is 18.1. The third kappa shape index (κ3) is 7.08. The zero-order chi connectivity index (χ0) is 43.1. The number of amides is 1. The Morgan fingerprint density at radius 3 is 1.72 bits per heavy atom. The second-order valence-corrected chi connectivity index (χ2v) is 23.5. The molecule has 338 valence electrons. The van der Waals surface area contributed by atoms with Gasteiger partial charge in [-0.15, -0.1) is 0 Å². The van der Waals surface area contributed by atoms with Crippen molar-refractivity contribution in [3.8, 4) is 0 Å². The van der Waals surface area contributed by atoms with E-state index >= 15 is 0 Å². The lowest BCUT2D eigenvalue weighted by Crippen LogP contribution is -2.63. The third-order valence-electron chi connectivity index (χ3n) is 21.5. The molecule has 60 heavy (non-hydrogen) atoms. The SMILES string of the molecule is COC(=O)CC[C@@H](C)C1CCC2[C@@H]3C(CC(O)C21C)C1(C)CC[C@@H](NC(=O)CC[C@@H](C)C2CCC4[C@@H]5C(CC(O)C42C)C2(C)CC[C@@H](N=[N+]=[N-])C[C@H]2C[C@@H]5O)C[C@H]1C[C@@H]3O. The average Bonchev–Trinajstić information content (AvgIpc) is 3.76. The van der Waals surface area contributed by atoms with E-state index in [4.69, 9.17) is 10.3 Å². The Morgan fingerprint density at radius 2 is 1.20 bits per heavy atom. The minimum atomic E-state index is -0.442. The van der Waals surface area contributed by atoms with Crippen molar-refractivity contribution in [2.24, 2.45) is 97.8 Å². The summed E-state index contributed by atoms with van der Waals surface area (Å²) in [6.07, 6.45) is 13.2. The van der Waals surface area contributed by atoms with Crippen molar-refractivity contribution in [1.82, 2.24) is 5.32 Å². The largest absolute Gasteiger partial charge is 0.469 e. The number of hydrogen-bond donors (Lipinski definition) is 5. The zero-order valence-electron chi connectivity index (χ0n) is 38.0. The van der Waals surface area contributed by atoms with Crippen molar-refractivity contribution >= 4 is 11.9 Å². The Balaban J connectivity index is 0.861. The van der Waals surface area contributed by atoms with Gasteiger partial charge in [0.2, 0.25) is 5.91 Å². The maximum atomic E-state index is 13.7. The Kier molecular flexibility index (Phi) is 12.3. The highest BCUT2D eigenvalue weighted by molar-refractivity contribution is 5.76. The van der Waals surface area contributed by atoms with Gasteiger partial charge in [0.25, 0.3) is 0 Å². The van der Waals surface area contributed by atoms with E-state index in [1.54, 1.807) is 0 Å². The summed E-state index contributed by atoms with van der Waals surface area (Å²) < 4.78 is 4.92. The molecule has 22 atom stereocenters. The number of methoxy groups -OCH3 is 1. The third-order valence-corrected chi connectivity index (χ3v) is 21.5. The summed E-state index contributed by atoms with van der Waals surface area (Å²) in [6, 6.07) is 0.0903. The number of esters is 1. The molecular formula is C49H80N4O7. The van der Waals surface area contributed by atoms with Crippen LogP contribution >= 0.6 is 0 Å². The highest BCUT2D eigenvalue weighted by Gasteiger charge is 2.67. The van der Waals surface area contributed by atoms with Gasteiger partial charge in [-0.1, -0.05) is 46.7 Å². The summed E-state index contributed by atoms with van der Waals surface area (Å²) in [5.41, 5.74) is 8.58. The quantitative estimate of drug-likeness (QED) is 0.0634. The van der Waals surface area contributed by atoms with Crippen LogP contribution < -0.4 is 5.32 Å². The normalized spacial score (nSPS) is 51.5. The molecule has 0 aromatic carbocycles. The molecule has 8 saturated carbocycles. The van der Waals surface area contributed by atoms with Gasteiger partial charge in [-0.25, -0.2) is 0 Å². The summed E-state index contributed by atoms with van der Waals surface area (Å²) in [7, 11) is 1.44. The van der Waals surface area contributed by atoms with Gasteiger partial charge in [-0.3, -0.25) is 9.59 Å². The fraction of sp³-hybridized carbons (Fsp3) is 0.959. The first kappa shape index (κ1) is 44.7. The number of carbonyl (C=O) groups is 2. The first-order valence-electron chi connectivity index (χ1n) is 24.5. The van der Waals surface area contributed by atoms with Gasteiger partial charge < -0.3 is 30.5 Å². The van der Waals surface area contributed by atoms with Crippen molar-refractivity contribution in [3.63, 3.8) is 0 Å². The van der Waals surface area contributed by atoms with E-state index in [0.29, 0.717) is 55.3 Å². The molecule has 8 rings (SSSR count). The van der Waals surface area contributed by atoms with E-state index in [1.807, 2.05) is 0 Å². The molecule has 0 aromatic heterocycles. The molecule has 8 aliphatic carbocycles. The second-order valence-electron chi connectivity index (χ2n) is 23.5. The van der Waals surface area contributed by atoms with Gasteiger partial charge in [-0.05, 0) is 201 Å². The van der Waals surface area contributed by atoms with Crippen molar-refractivity contribution < 1.29 is 34.8 Å². The van der Waals surface area contributed by atoms with Crippen LogP contribution in [0.5, 0.6) is 0 Å². The van der Waals surface area contributed by atoms with Crippen LogP contribution in [0.2, 0.25) is 0 Å². The lowest BCUT2D eigenvalue weighted by Gasteiger charge is -2.63. The number of azide groups is 1. The van der Waals surface area contributed by atoms with Crippen LogP contribution in [0.4, 0.5) is 0 Å². The molecule has 0 aromatic rings. The lowest BCUT2D eigenvalue weighted by molar-refractivity contribution is -0.202. The van der Waals surface area contributed by atoms with Crippen LogP contribution in [0.25, 0.3) is 10.4 Å². The molecule has 0 spiro atoms. The van der Waals surface area contributed by atoms with Gasteiger partial charge in [-0.2, -0.15) is 0 Å². The van der Waals surface area contributed by atoms with Gasteiger partial charge in [0, 0.05) is 29.8 Å². The molecule has 0 bridgehead atoms. The predicted octanol–water partition coefficient (Wildman–Crippen LogP) is 8.36. The molecule has 1 amide bonds. The average molecular weight is 837 g/mol. The number of ether oxygens (including phenoxy) is 1. The van der Waals surface area contributed by atoms with E-state index in [-0.39, 0.29) is 87.0 Å². The van der Waals surface area contributed by atoms with Crippen LogP contribution in [-0.4, -0.2) is 75.9 Å². The zero-order valence-corrected chi connectivity index (χ0v) is 38.0. The van der Waals surface area contributed by atoms with Crippen LogP contribution in [0.15, 0.2) is 5.11 Å². The van der Waals surface area contributed by atoms with E-state index in [0.717, 1.165) is 89.9 Å². The van der Waals surface area contributed by atoms with E-state index < -0.39 is 24.4 Å². The smallest absolute Gasteiger partial charge is 0.305 e. The van der Waals surface area contributed by atoms with Gasteiger partial charge >= 0.3 is 5.97 Å².